The first-order valence-corrected chi connectivity index (χ1v) is 17.2. The van der Waals surface area contributed by atoms with Gasteiger partial charge in [-0.05, 0) is 62.1 Å². The highest BCUT2D eigenvalue weighted by Gasteiger charge is 2.32. The van der Waals surface area contributed by atoms with Crippen LogP contribution in [0.2, 0.25) is 0 Å². The lowest BCUT2D eigenvalue weighted by Crippen LogP contribution is -2.35. The van der Waals surface area contributed by atoms with Gasteiger partial charge in [-0.2, -0.15) is 0 Å². The first-order valence-electron chi connectivity index (χ1n) is 17.2. The molecule has 1 saturated carbocycles. The highest BCUT2D eigenvalue weighted by atomic mass is 16.3. The van der Waals surface area contributed by atoms with Crippen LogP contribution in [0.3, 0.4) is 0 Å². The van der Waals surface area contributed by atoms with E-state index in [2.05, 4.69) is 96.1 Å². The highest BCUT2D eigenvalue weighted by Crippen LogP contribution is 2.40. The van der Waals surface area contributed by atoms with E-state index >= 15 is 0 Å². The summed E-state index contributed by atoms with van der Waals surface area (Å²) in [6, 6.07) is 26.3. The summed E-state index contributed by atoms with van der Waals surface area (Å²) in [6.07, 6.45) is 12.4. The Kier molecular flexibility index (Phi) is 11.3. The van der Waals surface area contributed by atoms with Gasteiger partial charge in [0.05, 0.1) is 17.4 Å². The van der Waals surface area contributed by atoms with Crippen molar-refractivity contribution in [1.29, 1.82) is 0 Å². The number of rotatable bonds is 14. The summed E-state index contributed by atoms with van der Waals surface area (Å²) in [7, 11) is 0. The van der Waals surface area contributed by atoms with Crippen LogP contribution in [0.5, 0.6) is 5.75 Å². The molecule has 1 atom stereocenters. The van der Waals surface area contributed by atoms with E-state index in [1.54, 1.807) is 0 Å². The van der Waals surface area contributed by atoms with Crippen LogP contribution in [0.15, 0.2) is 72.8 Å². The molecule has 5 rings (SSSR count). The first-order chi connectivity index (χ1) is 21.5. The van der Waals surface area contributed by atoms with Crippen LogP contribution < -0.4 is 0 Å². The molecule has 0 saturated heterocycles. The minimum atomic E-state index is 0.239. The zero-order valence-corrected chi connectivity index (χ0v) is 27.6. The fraction of sp³-hybridized carbons (Fsp3) is 0.475. The smallest absolute Gasteiger partial charge is 0.140 e. The number of phenols is 1. The average molecular weight is 592 g/mol. The van der Waals surface area contributed by atoms with Crippen LogP contribution in [0.25, 0.3) is 22.6 Å². The molecular formula is C40H53N3O. The van der Waals surface area contributed by atoms with E-state index in [-0.39, 0.29) is 6.04 Å². The minimum Gasteiger partial charge on any atom is -0.507 e. The van der Waals surface area contributed by atoms with Gasteiger partial charge in [-0.1, -0.05) is 125 Å². The average Bonchev–Trinajstić information content (AvgIpc) is 3.43. The van der Waals surface area contributed by atoms with Crippen molar-refractivity contribution in [3.05, 3.63) is 95.2 Å². The molecule has 0 radical (unpaired) electrons. The number of aromatic nitrogens is 2. The molecule has 4 aromatic rings. The molecule has 4 nitrogen and oxygen atoms in total. The third-order valence-corrected chi connectivity index (χ3v) is 9.56. The van der Waals surface area contributed by atoms with Crippen molar-refractivity contribution in [2.45, 2.75) is 111 Å². The van der Waals surface area contributed by atoms with Gasteiger partial charge in [-0.25, -0.2) is 4.98 Å². The number of imidazole rings is 1. The summed E-state index contributed by atoms with van der Waals surface area (Å²) < 4.78 is 2.59. The Balaban J connectivity index is 1.70. The lowest BCUT2D eigenvalue weighted by Gasteiger charge is -2.37. The third kappa shape index (κ3) is 7.64. The molecule has 3 aromatic carbocycles. The van der Waals surface area contributed by atoms with Gasteiger partial charge in [-0.3, -0.25) is 4.90 Å². The molecule has 0 aliphatic heterocycles. The summed E-state index contributed by atoms with van der Waals surface area (Å²) >= 11 is 0. The van der Waals surface area contributed by atoms with Gasteiger partial charge in [0.2, 0.25) is 0 Å². The van der Waals surface area contributed by atoms with Crippen molar-refractivity contribution in [2.75, 3.05) is 6.54 Å². The molecule has 1 aliphatic rings. The molecule has 0 bridgehead atoms. The number of aromatic hydroxyl groups is 1. The second kappa shape index (κ2) is 15.6. The molecule has 4 heteroatoms. The number of hydrogen-bond donors (Lipinski definition) is 1. The molecule has 234 valence electrons. The van der Waals surface area contributed by atoms with Crippen molar-refractivity contribution in [1.82, 2.24) is 14.5 Å². The van der Waals surface area contributed by atoms with Crippen molar-refractivity contribution in [3.63, 3.8) is 0 Å². The number of benzene rings is 3. The Hall–Kier alpha value is -3.37. The van der Waals surface area contributed by atoms with Crippen molar-refractivity contribution < 1.29 is 5.11 Å². The highest BCUT2D eigenvalue weighted by molar-refractivity contribution is 5.69. The molecule has 0 spiro atoms. The quantitative estimate of drug-likeness (QED) is 0.159. The Morgan fingerprint density at radius 3 is 2.07 bits per heavy atom. The fourth-order valence-corrected chi connectivity index (χ4v) is 7.23. The van der Waals surface area contributed by atoms with Crippen LogP contribution in [-0.4, -0.2) is 26.1 Å². The molecule has 0 amide bonds. The summed E-state index contributed by atoms with van der Waals surface area (Å²) in [5.41, 5.74) is 8.11. The molecular weight excluding hydrogens is 538 g/mol. The van der Waals surface area contributed by atoms with E-state index in [1.165, 1.54) is 67.3 Å². The van der Waals surface area contributed by atoms with Gasteiger partial charge >= 0.3 is 0 Å². The minimum absolute atomic E-state index is 0.239. The van der Waals surface area contributed by atoms with E-state index in [1.807, 2.05) is 13.8 Å². The van der Waals surface area contributed by atoms with Gasteiger partial charge in [0.1, 0.15) is 11.6 Å². The second-order valence-corrected chi connectivity index (χ2v) is 13.1. The fourth-order valence-electron chi connectivity index (χ4n) is 7.23. The van der Waals surface area contributed by atoms with Crippen LogP contribution in [0, 0.1) is 19.8 Å². The molecule has 44 heavy (non-hydrogen) atoms. The number of phenolic OH excluding ortho intramolecular Hbond substituents is 1. The summed E-state index contributed by atoms with van der Waals surface area (Å²) in [5, 5.41) is 10.6. The van der Waals surface area contributed by atoms with E-state index in [0.717, 1.165) is 61.5 Å². The van der Waals surface area contributed by atoms with E-state index in [9.17, 15) is 5.11 Å². The molecule has 1 heterocycles. The maximum atomic E-state index is 10.6. The molecule has 1 fully saturated rings. The maximum Gasteiger partial charge on any atom is 0.140 e. The maximum absolute atomic E-state index is 10.6. The summed E-state index contributed by atoms with van der Waals surface area (Å²) in [4.78, 5) is 8.32. The summed E-state index contributed by atoms with van der Waals surface area (Å²) in [6.45, 7) is 11.6. The predicted octanol–water partition coefficient (Wildman–Crippen LogP) is 10.7. The van der Waals surface area contributed by atoms with Crippen molar-refractivity contribution >= 4 is 0 Å². The molecule has 1 aromatic heterocycles. The van der Waals surface area contributed by atoms with Crippen LogP contribution >= 0.6 is 0 Å². The van der Waals surface area contributed by atoms with Gasteiger partial charge in [-0.15, -0.1) is 0 Å². The number of unbranched alkanes of at least 4 members (excludes halogenated alkanes) is 2. The Morgan fingerprint density at radius 2 is 1.45 bits per heavy atom. The number of nitrogens with zero attached hydrogens (tertiary/aromatic N) is 3. The molecule has 0 unspecified atom stereocenters. The lowest BCUT2D eigenvalue weighted by molar-refractivity contribution is 0.127. The topological polar surface area (TPSA) is 41.3 Å². The van der Waals surface area contributed by atoms with E-state index < -0.39 is 0 Å². The molecule has 1 aliphatic carbocycles. The zero-order valence-electron chi connectivity index (χ0n) is 27.6. The lowest BCUT2D eigenvalue weighted by atomic mass is 9.87. The van der Waals surface area contributed by atoms with Gasteiger partial charge in [0.25, 0.3) is 0 Å². The summed E-state index contributed by atoms with van der Waals surface area (Å²) in [5.74, 6) is 2.22. The van der Waals surface area contributed by atoms with E-state index in [0.29, 0.717) is 11.7 Å². The predicted molar refractivity (Wildman–Crippen MR) is 185 cm³/mol. The Morgan fingerprint density at radius 1 is 0.841 bits per heavy atom. The van der Waals surface area contributed by atoms with Gasteiger partial charge in [0.15, 0.2) is 0 Å². The van der Waals surface area contributed by atoms with Gasteiger partial charge < -0.3 is 9.67 Å². The van der Waals surface area contributed by atoms with Crippen molar-refractivity contribution in [3.8, 4) is 28.4 Å². The standard InChI is InChI=1S/C40H53N3O/c1-5-7-24-36(42(28-32-18-12-9-13-19-32)29-33-26-30(3)39(44)31(4)27-33)38-37(34-20-14-10-15-21-34)41-40(43(38)25-8-6-2)35-22-16-11-17-23-35/h10-11,14-17,20-23,26-27,32,36,44H,5-9,12-13,18-19,24-25,28-29H2,1-4H3/t36-/m0/s1. The first kappa shape index (κ1) is 32.0. The van der Waals surface area contributed by atoms with Crippen LogP contribution in [0.4, 0.5) is 0 Å². The molecule has 1 N–H and O–H groups in total. The zero-order chi connectivity index (χ0) is 30.9. The van der Waals surface area contributed by atoms with Crippen LogP contribution in [0.1, 0.15) is 106 Å². The van der Waals surface area contributed by atoms with Gasteiger partial charge in [0, 0.05) is 30.8 Å². The van der Waals surface area contributed by atoms with Crippen molar-refractivity contribution in [2.24, 2.45) is 5.92 Å². The largest absolute Gasteiger partial charge is 0.507 e. The monoisotopic (exact) mass is 591 g/mol. The second-order valence-electron chi connectivity index (χ2n) is 13.1. The van der Waals surface area contributed by atoms with E-state index in [4.69, 9.17) is 4.98 Å². The SMILES string of the molecule is CCCC[C@@H](c1c(-c2ccccc2)nc(-c2ccccc2)n1CCCC)N(Cc1cc(C)c(O)c(C)c1)CC1CCCCC1. The third-order valence-electron chi connectivity index (χ3n) is 9.56. The Labute approximate surface area is 266 Å². The normalized spacial score (nSPS) is 14.8. The number of aryl methyl sites for hydroxylation is 2. The number of hydrogen-bond acceptors (Lipinski definition) is 3. The Bertz CT molecular complexity index is 1430. The van der Waals surface area contributed by atoms with Crippen LogP contribution in [-0.2, 0) is 13.1 Å².